The maximum atomic E-state index is 10.9. The van der Waals surface area contributed by atoms with Crippen LogP contribution < -0.4 is 5.11 Å². The van der Waals surface area contributed by atoms with Gasteiger partial charge in [-0.15, -0.1) is 0 Å². The Balaban J connectivity index is 0.00000112. The van der Waals surface area contributed by atoms with Gasteiger partial charge in [-0.25, -0.2) is 0 Å². The number of carboxylic acids is 1. The molecule has 71 valence electrons. The number of hydrogen-bond donors (Lipinski definition) is 0. The van der Waals surface area contributed by atoms with Crippen molar-refractivity contribution in [3.63, 3.8) is 0 Å². The summed E-state index contributed by atoms with van der Waals surface area (Å²) in [5, 5.41) is 12.5. The Morgan fingerprint density at radius 3 is 2.33 bits per heavy atom. The molecule has 0 bridgehead atoms. The van der Waals surface area contributed by atoms with Crippen LogP contribution in [0.25, 0.3) is 10.8 Å². The summed E-state index contributed by atoms with van der Waals surface area (Å²) in [5.74, 6) is -1.13. The average Bonchev–Trinajstić information content (AvgIpc) is 2.17. The fraction of sp³-hybridized carbons (Fsp3) is 0. The third-order valence-electron chi connectivity index (χ3n) is 2.07. The SMILES string of the molecule is O=C([O-])c1cccc2cccc(I)c12.[Hg+]. The van der Waals surface area contributed by atoms with E-state index < -0.39 is 5.97 Å². The molecular formula is C11H6HgIO2. The van der Waals surface area contributed by atoms with Gasteiger partial charge in [0.05, 0.1) is 5.97 Å². The van der Waals surface area contributed by atoms with E-state index >= 15 is 0 Å². The van der Waals surface area contributed by atoms with E-state index in [-0.39, 0.29) is 33.2 Å². The fourth-order valence-electron chi connectivity index (χ4n) is 1.47. The van der Waals surface area contributed by atoms with Gasteiger partial charge in [-0.3, -0.25) is 0 Å². The summed E-state index contributed by atoms with van der Waals surface area (Å²) in [6, 6.07) is 10.9. The molecule has 0 fully saturated rings. The van der Waals surface area contributed by atoms with Crippen LogP contribution >= 0.6 is 22.6 Å². The Kier molecular flexibility index (Phi) is 4.52. The Hall–Kier alpha value is -0.165. The van der Waals surface area contributed by atoms with Crippen LogP contribution in [0.3, 0.4) is 0 Å². The zero-order chi connectivity index (χ0) is 10.1. The Labute approximate surface area is 121 Å². The summed E-state index contributed by atoms with van der Waals surface area (Å²) in [6.07, 6.45) is 0. The molecule has 2 aromatic carbocycles. The van der Waals surface area contributed by atoms with Crippen LogP contribution in [0.2, 0.25) is 0 Å². The van der Waals surface area contributed by atoms with Gasteiger partial charge in [0.15, 0.2) is 0 Å². The van der Waals surface area contributed by atoms with Gasteiger partial charge in [-0.1, -0.05) is 30.3 Å². The topological polar surface area (TPSA) is 40.1 Å². The van der Waals surface area contributed by atoms with E-state index in [1.165, 1.54) is 0 Å². The Morgan fingerprint density at radius 1 is 1.13 bits per heavy atom. The zero-order valence-corrected chi connectivity index (χ0v) is 15.5. The van der Waals surface area contributed by atoms with Crippen LogP contribution in [0.5, 0.6) is 0 Å². The maximum Gasteiger partial charge on any atom is 1.00 e. The van der Waals surface area contributed by atoms with E-state index in [1.807, 2.05) is 24.3 Å². The molecule has 0 amide bonds. The molecule has 0 aromatic heterocycles. The molecule has 15 heavy (non-hydrogen) atoms. The van der Waals surface area contributed by atoms with Crippen molar-refractivity contribution in [3.05, 3.63) is 45.5 Å². The second kappa shape index (κ2) is 5.25. The number of benzene rings is 2. The quantitative estimate of drug-likeness (QED) is 0.446. The van der Waals surface area contributed by atoms with E-state index in [0.29, 0.717) is 0 Å². The molecule has 1 radical (unpaired) electrons. The summed E-state index contributed by atoms with van der Waals surface area (Å²) in [6.45, 7) is 0. The first-order chi connectivity index (χ1) is 6.70. The first-order valence-electron chi connectivity index (χ1n) is 4.09. The molecule has 0 heterocycles. The summed E-state index contributed by atoms with van der Waals surface area (Å²) >= 11 is 2.13. The van der Waals surface area contributed by atoms with Crippen molar-refractivity contribution in [2.45, 2.75) is 0 Å². The smallest absolute Gasteiger partial charge is 0.545 e. The minimum Gasteiger partial charge on any atom is -0.545 e. The monoisotopic (exact) mass is 499 g/mol. The number of aromatic carboxylic acids is 1. The fourth-order valence-corrected chi connectivity index (χ4v) is 2.27. The van der Waals surface area contributed by atoms with Gasteiger partial charge in [0.25, 0.3) is 0 Å². The minimum absolute atomic E-state index is 0. The largest absolute Gasteiger partial charge is 1.00 e. The first kappa shape index (κ1) is 12.9. The molecule has 0 aliphatic heterocycles. The van der Waals surface area contributed by atoms with E-state index in [0.717, 1.165) is 14.3 Å². The van der Waals surface area contributed by atoms with Crippen LogP contribution in [-0.4, -0.2) is 5.97 Å². The summed E-state index contributed by atoms with van der Waals surface area (Å²) in [7, 11) is 0. The molecule has 2 nitrogen and oxygen atoms in total. The van der Waals surface area contributed by atoms with E-state index in [2.05, 4.69) is 22.6 Å². The minimum atomic E-state index is -1.13. The van der Waals surface area contributed by atoms with Crippen LogP contribution in [0, 0.1) is 3.57 Å². The number of rotatable bonds is 1. The van der Waals surface area contributed by atoms with E-state index in [1.54, 1.807) is 12.1 Å². The summed E-state index contributed by atoms with van der Waals surface area (Å²) < 4.78 is 0.930. The van der Waals surface area contributed by atoms with Crippen molar-refractivity contribution in [2.75, 3.05) is 0 Å². The van der Waals surface area contributed by atoms with Crippen LogP contribution in [0.1, 0.15) is 10.4 Å². The Bertz CT molecular complexity index is 506. The number of hydrogen-bond acceptors (Lipinski definition) is 2. The maximum absolute atomic E-state index is 10.9. The second-order valence-electron chi connectivity index (χ2n) is 2.93. The van der Waals surface area contributed by atoms with Crippen LogP contribution in [-0.2, 0) is 27.7 Å². The van der Waals surface area contributed by atoms with Crippen molar-refractivity contribution < 1.29 is 37.6 Å². The van der Waals surface area contributed by atoms with Crippen LogP contribution in [0.4, 0.5) is 0 Å². The van der Waals surface area contributed by atoms with Gasteiger partial charge >= 0.3 is 27.7 Å². The van der Waals surface area contributed by atoms with E-state index in [9.17, 15) is 9.90 Å². The van der Waals surface area contributed by atoms with Crippen molar-refractivity contribution in [2.24, 2.45) is 0 Å². The first-order valence-corrected chi connectivity index (χ1v) is 5.16. The molecule has 0 saturated carbocycles. The standard InChI is InChI=1S/C11H7IO2.Hg/c12-9-6-2-4-7-3-1-5-8(10(7)9)11(13)14;/h1-6H,(H,13,14);/q;+1/p-1. The summed E-state index contributed by atoms with van der Waals surface area (Å²) in [5.41, 5.74) is 0.257. The van der Waals surface area contributed by atoms with Crippen molar-refractivity contribution in [1.29, 1.82) is 0 Å². The molecule has 0 aliphatic rings. The number of halogens is 1. The zero-order valence-electron chi connectivity index (χ0n) is 7.87. The molecule has 0 spiro atoms. The molecule has 0 saturated heterocycles. The molecule has 2 aromatic rings. The van der Waals surface area contributed by atoms with Crippen LogP contribution in [0.15, 0.2) is 36.4 Å². The number of carbonyl (C=O) groups is 1. The predicted molar refractivity (Wildman–Crippen MR) is 61.0 cm³/mol. The third-order valence-corrected chi connectivity index (χ3v) is 2.97. The number of fused-ring (bicyclic) bond motifs is 1. The van der Waals surface area contributed by atoms with Gasteiger partial charge in [-0.2, -0.15) is 0 Å². The van der Waals surface area contributed by atoms with Crippen molar-refractivity contribution in [3.8, 4) is 0 Å². The van der Waals surface area contributed by atoms with Gasteiger partial charge in [0, 0.05) is 14.5 Å². The van der Waals surface area contributed by atoms with Crippen molar-refractivity contribution in [1.82, 2.24) is 0 Å². The average molecular weight is 498 g/mol. The molecular weight excluding hydrogens is 492 g/mol. The van der Waals surface area contributed by atoms with Gasteiger partial charge in [0.2, 0.25) is 0 Å². The number of carbonyl (C=O) groups excluding carboxylic acids is 1. The molecule has 0 atom stereocenters. The Morgan fingerprint density at radius 2 is 1.73 bits per heavy atom. The van der Waals surface area contributed by atoms with Gasteiger partial charge in [0.1, 0.15) is 0 Å². The molecule has 0 aliphatic carbocycles. The molecule has 4 heteroatoms. The summed E-state index contributed by atoms with van der Waals surface area (Å²) in [4.78, 5) is 10.9. The normalized spacial score (nSPS) is 9.67. The van der Waals surface area contributed by atoms with Gasteiger partial charge < -0.3 is 9.90 Å². The van der Waals surface area contributed by atoms with Crippen molar-refractivity contribution >= 4 is 39.3 Å². The van der Waals surface area contributed by atoms with E-state index in [4.69, 9.17) is 0 Å². The molecule has 0 N–H and O–H groups in total. The number of carboxylic acid groups (broad SMARTS) is 1. The predicted octanol–water partition coefficient (Wildman–Crippen LogP) is 1.81. The molecule has 0 unspecified atom stereocenters. The van der Waals surface area contributed by atoms with Gasteiger partial charge in [-0.05, 0) is 34.0 Å². The molecule has 2 rings (SSSR count). The second-order valence-corrected chi connectivity index (χ2v) is 4.09. The third kappa shape index (κ3) is 2.50.